The molecule has 0 rings (SSSR count). The van der Waals surface area contributed by atoms with E-state index in [-0.39, 0.29) is 6.42 Å². The highest BCUT2D eigenvalue weighted by Crippen LogP contribution is 2.27. The van der Waals surface area contributed by atoms with Crippen LogP contribution in [0, 0.1) is 0 Å². The standard InChI is InChI=1S/C21H38N2O8/c1-4-6-8-10-14-21(3,13-9-7-5-2)31-17(19(28)29)23-20(30)22-15(18(26)27)11-12-16(24)25/h15,17H,4-14H2,1-3H3,(H,24,25)(H,26,27)(H,28,29)(H2,22,23,30)/t15-,17-,21?/m0/s1. The zero-order valence-corrected chi connectivity index (χ0v) is 18.8. The Bertz CT molecular complexity index is 584. The van der Waals surface area contributed by atoms with Gasteiger partial charge in [-0.05, 0) is 26.2 Å². The number of carboxylic acids is 3. The molecule has 0 aromatic carbocycles. The smallest absolute Gasteiger partial charge is 0.354 e. The normalized spacial score (nSPS) is 14.8. The van der Waals surface area contributed by atoms with Gasteiger partial charge in [-0.1, -0.05) is 58.8 Å². The lowest BCUT2D eigenvalue weighted by Crippen LogP contribution is -2.54. The van der Waals surface area contributed by atoms with Gasteiger partial charge in [0.15, 0.2) is 0 Å². The van der Waals surface area contributed by atoms with Gasteiger partial charge in [0.1, 0.15) is 6.04 Å². The van der Waals surface area contributed by atoms with Crippen molar-refractivity contribution < 1.29 is 39.2 Å². The highest BCUT2D eigenvalue weighted by Gasteiger charge is 2.33. The molecule has 10 heteroatoms. The number of carbonyl (C=O) groups is 4. The predicted molar refractivity (Wildman–Crippen MR) is 114 cm³/mol. The lowest BCUT2D eigenvalue weighted by atomic mass is 9.91. The fraction of sp³-hybridized carbons (Fsp3) is 0.810. The second-order valence-electron chi connectivity index (χ2n) is 7.99. The molecular weight excluding hydrogens is 408 g/mol. The summed E-state index contributed by atoms with van der Waals surface area (Å²) in [6.45, 7) is 5.99. The van der Waals surface area contributed by atoms with E-state index in [0.717, 1.165) is 44.9 Å². The van der Waals surface area contributed by atoms with Crippen LogP contribution in [-0.4, -0.2) is 57.1 Å². The zero-order chi connectivity index (χ0) is 23.9. The molecule has 10 nitrogen and oxygen atoms in total. The number of aliphatic carboxylic acids is 3. The van der Waals surface area contributed by atoms with Crippen molar-refractivity contribution in [2.45, 2.75) is 109 Å². The van der Waals surface area contributed by atoms with Crippen LogP contribution in [0.15, 0.2) is 0 Å². The molecule has 0 saturated carbocycles. The number of ether oxygens (including phenoxy) is 1. The molecule has 0 aliphatic rings. The Balaban J connectivity index is 5.11. The largest absolute Gasteiger partial charge is 0.481 e. The number of nitrogens with one attached hydrogen (secondary N) is 2. The monoisotopic (exact) mass is 446 g/mol. The maximum Gasteiger partial charge on any atom is 0.354 e. The average molecular weight is 447 g/mol. The fourth-order valence-electron chi connectivity index (χ4n) is 3.19. The van der Waals surface area contributed by atoms with Crippen molar-refractivity contribution >= 4 is 23.9 Å². The van der Waals surface area contributed by atoms with Crippen LogP contribution in [0.5, 0.6) is 0 Å². The molecule has 0 aliphatic heterocycles. The molecule has 5 N–H and O–H groups in total. The number of hydrogen-bond donors (Lipinski definition) is 5. The van der Waals surface area contributed by atoms with E-state index in [2.05, 4.69) is 24.5 Å². The van der Waals surface area contributed by atoms with Gasteiger partial charge in [-0.15, -0.1) is 0 Å². The van der Waals surface area contributed by atoms with Crippen molar-refractivity contribution in [2.75, 3.05) is 0 Å². The fourth-order valence-corrected chi connectivity index (χ4v) is 3.19. The van der Waals surface area contributed by atoms with Gasteiger partial charge < -0.3 is 30.7 Å². The van der Waals surface area contributed by atoms with Crippen LogP contribution in [0.25, 0.3) is 0 Å². The lowest BCUT2D eigenvalue weighted by molar-refractivity contribution is -0.167. The molecule has 180 valence electrons. The van der Waals surface area contributed by atoms with Gasteiger partial charge in [-0.2, -0.15) is 0 Å². The van der Waals surface area contributed by atoms with Gasteiger partial charge in [0.2, 0.25) is 6.23 Å². The van der Waals surface area contributed by atoms with Crippen molar-refractivity contribution in [1.29, 1.82) is 0 Å². The molecule has 0 aliphatic carbocycles. The first kappa shape index (κ1) is 28.6. The van der Waals surface area contributed by atoms with E-state index in [4.69, 9.17) is 14.9 Å². The van der Waals surface area contributed by atoms with Crippen LogP contribution in [0.1, 0.15) is 91.4 Å². The maximum absolute atomic E-state index is 12.2. The van der Waals surface area contributed by atoms with Crippen LogP contribution in [0.4, 0.5) is 4.79 Å². The molecular formula is C21H38N2O8. The quantitative estimate of drug-likeness (QED) is 0.158. The summed E-state index contributed by atoms with van der Waals surface area (Å²) in [4.78, 5) is 45.8. The van der Waals surface area contributed by atoms with Crippen LogP contribution < -0.4 is 10.6 Å². The Kier molecular flexibility index (Phi) is 14.3. The molecule has 0 aromatic heterocycles. The topological polar surface area (TPSA) is 162 Å². The van der Waals surface area contributed by atoms with Crippen LogP contribution in [-0.2, 0) is 19.1 Å². The number of unbranched alkanes of at least 4 members (excludes halogenated alkanes) is 5. The molecule has 0 aromatic rings. The summed E-state index contributed by atoms with van der Waals surface area (Å²) >= 11 is 0. The number of carboxylic acid groups (broad SMARTS) is 3. The summed E-state index contributed by atoms with van der Waals surface area (Å²) in [6.07, 6.45) is 5.67. The second kappa shape index (κ2) is 15.4. The minimum Gasteiger partial charge on any atom is -0.481 e. The van der Waals surface area contributed by atoms with Crippen LogP contribution >= 0.6 is 0 Å². The van der Waals surface area contributed by atoms with Gasteiger partial charge in [0.25, 0.3) is 0 Å². The molecule has 0 radical (unpaired) electrons. The van der Waals surface area contributed by atoms with Gasteiger partial charge in [-0.25, -0.2) is 14.4 Å². The number of hydrogen-bond acceptors (Lipinski definition) is 5. The van der Waals surface area contributed by atoms with Crippen molar-refractivity contribution in [1.82, 2.24) is 10.6 Å². The van der Waals surface area contributed by atoms with Gasteiger partial charge >= 0.3 is 23.9 Å². The first-order chi connectivity index (χ1) is 14.5. The second-order valence-corrected chi connectivity index (χ2v) is 7.99. The van der Waals surface area contributed by atoms with E-state index in [1.807, 2.05) is 6.92 Å². The van der Waals surface area contributed by atoms with Gasteiger partial charge in [0, 0.05) is 6.42 Å². The summed E-state index contributed by atoms with van der Waals surface area (Å²) in [6, 6.07) is -2.51. The van der Waals surface area contributed by atoms with Gasteiger partial charge in [0.05, 0.1) is 5.60 Å². The third-order valence-corrected chi connectivity index (χ3v) is 5.01. The van der Waals surface area contributed by atoms with E-state index in [0.29, 0.717) is 12.8 Å². The summed E-state index contributed by atoms with van der Waals surface area (Å²) in [5.74, 6) is -4.02. The third-order valence-electron chi connectivity index (χ3n) is 5.01. The van der Waals surface area contributed by atoms with E-state index in [1.165, 1.54) is 0 Å². The summed E-state index contributed by atoms with van der Waals surface area (Å²) in [7, 11) is 0. The summed E-state index contributed by atoms with van der Waals surface area (Å²) in [5, 5.41) is 31.6. The van der Waals surface area contributed by atoms with Crippen LogP contribution in [0.3, 0.4) is 0 Å². The molecule has 31 heavy (non-hydrogen) atoms. The van der Waals surface area contributed by atoms with E-state index in [1.54, 1.807) is 0 Å². The number of amides is 2. The molecule has 0 saturated heterocycles. The maximum atomic E-state index is 12.2. The van der Waals surface area contributed by atoms with Crippen molar-refractivity contribution in [3.63, 3.8) is 0 Å². The number of carbonyl (C=O) groups excluding carboxylic acids is 1. The minimum atomic E-state index is -1.66. The predicted octanol–water partition coefficient (Wildman–Crippen LogP) is 3.34. The third kappa shape index (κ3) is 13.5. The van der Waals surface area contributed by atoms with Crippen molar-refractivity contribution in [3.8, 4) is 0 Å². The zero-order valence-electron chi connectivity index (χ0n) is 18.8. The average Bonchev–Trinajstić information content (AvgIpc) is 2.68. The number of rotatable bonds is 18. The minimum absolute atomic E-state index is 0.331. The first-order valence-electron chi connectivity index (χ1n) is 11.0. The Labute approximate surface area is 183 Å². The molecule has 0 fully saturated rings. The van der Waals surface area contributed by atoms with Crippen LogP contribution in [0.2, 0.25) is 0 Å². The van der Waals surface area contributed by atoms with Crippen molar-refractivity contribution in [3.05, 3.63) is 0 Å². The van der Waals surface area contributed by atoms with E-state index < -0.39 is 48.2 Å². The summed E-state index contributed by atoms with van der Waals surface area (Å²) < 4.78 is 5.82. The molecule has 0 heterocycles. The molecule has 0 bridgehead atoms. The Morgan fingerprint density at radius 1 is 0.839 bits per heavy atom. The van der Waals surface area contributed by atoms with Crippen molar-refractivity contribution in [2.24, 2.45) is 0 Å². The Morgan fingerprint density at radius 2 is 1.39 bits per heavy atom. The molecule has 2 amide bonds. The molecule has 3 atom stereocenters. The number of urea groups is 1. The van der Waals surface area contributed by atoms with E-state index in [9.17, 15) is 24.3 Å². The lowest BCUT2D eigenvalue weighted by Gasteiger charge is -2.33. The molecule has 1 unspecified atom stereocenters. The Hall–Kier alpha value is -2.36. The highest BCUT2D eigenvalue weighted by atomic mass is 16.5. The first-order valence-corrected chi connectivity index (χ1v) is 11.0. The van der Waals surface area contributed by atoms with Gasteiger partial charge in [-0.3, -0.25) is 4.79 Å². The SMILES string of the molecule is CCCCCCC(C)(CCCCC)O[C@H](NC(=O)N[C@@H](CCC(=O)O)C(=O)O)C(=O)O. The summed E-state index contributed by atoms with van der Waals surface area (Å²) in [5.41, 5.74) is -0.755. The van der Waals surface area contributed by atoms with E-state index >= 15 is 0 Å². The highest BCUT2D eigenvalue weighted by molar-refractivity contribution is 5.85. The molecule has 0 spiro atoms. The Morgan fingerprint density at radius 3 is 1.87 bits per heavy atom.